The Balaban J connectivity index is 1.67. The maximum atomic E-state index is 12.6. The molecule has 1 N–H and O–H groups in total. The van der Waals surface area contributed by atoms with Crippen molar-refractivity contribution in [2.75, 3.05) is 0 Å². The van der Waals surface area contributed by atoms with Crippen molar-refractivity contribution >= 4 is 22.8 Å². The number of benzene rings is 2. The lowest BCUT2D eigenvalue weighted by atomic mass is 10.0. The number of aromatic nitrogens is 1. The van der Waals surface area contributed by atoms with E-state index in [2.05, 4.69) is 4.98 Å². The smallest absolute Gasteiger partial charge is 0.255 e. The number of rotatable bonds is 4. The van der Waals surface area contributed by atoms with E-state index in [1.807, 2.05) is 36.4 Å². The molecular weight excluding hydrogens is 304 g/mol. The molecule has 0 aliphatic carbocycles. The molecule has 1 aliphatic rings. The molecule has 5 heteroatoms. The van der Waals surface area contributed by atoms with E-state index in [1.54, 1.807) is 18.3 Å². The van der Waals surface area contributed by atoms with Crippen LogP contribution < -0.4 is 5.11 Å². The molecule has 0 radical (unpaired) electrons. The molecule has 5 nitrogen and oxygen atoms in total. The lowest BCUT2D eigenvalue weighted by molar-refractivity contribution is -0.311. The molecule has 4 rings (SSSR count). The second kappa shape index (κ2) is 5.53. The van der Waals surface area contributed by atoms with Gasteiger partial charge in [-0.2, -0.15) is 0 Å². The molecule has 120 valence electrons. The van der Waals surface area contributed by atoms with E-state index in [-0.39, 0.29) is 12.3 Å². The Morgan fingerprint density at radius 3 is 2.71 bits per heavy atom. The van der Waals surface area contributed by atoms with Crippen LogP contribution in [0.25, 0.3) is 10.9 Å². The molecule has 0 saturated carbocycles. The van der Waals surface area contributed by atoms with Crippen LogP contribution in [0.2, 0.25) is 0 Å². The number of carbonyl (C=O) groups excluding carboxylic acids is 2. The van der Waals surface area contributed by atoms with Crippen molar-refractivity contribution in [1.82, 2.24) is 9.88 Å². The number of H-pyrrole nitrogens is 1. The van der Waals surface area contributed by atoms with E-state index in [9.17, 15) is 14.7 Å². The van der Waals surface area contributed by atoms with Crippen LogP contribution in [-0.2, 0) is 17.8 Å². The Morgan fingerprint density at radius 1 is 1.17 bits per heavy atom. The third kappa shape index (κ3) is 2.25. The summed E-state index contributed by atoms with van der Waals surface area (Å²) in [4.78, 5) is 28.8. The van der Waals surface area contributed by atoms with Gasteiger partial charge in [-0.3, -0.25) is 4.79 Å². The van der Waals surface area contributed by atoms with Crippen molar-refractivity contribution in [1.29, 1.82) is 0 Å². The van der Waals surface area contributed by atoms with Gasteiger partial charge in [0, 0.05) is 35.6 Å². The number of aromatic amines is 1. The highest BCUT2D eigenvalue weighted by Crippen LogP contribution is 2.27. The first-order chi connectivity index (χ1) is 11.6. The fourth-order valence-electron chi connectivity index (χ4n) is 3.36. The molecule has 1 aromatic heterocycles. The summed E-state index contributed by atoms with van der Waals surface area (Å²) in [6, 6.07) is 13.9. The van der Waals surface area contributed by atoms with Crippen LogP contribution in [0, 0.1) is 0 Å². The predicted octanol–water partition coefficient (Wildman–Crippen LogP) is 1.48. The third-order valence-electron chi connectivity index (χ3n) is 4.59. The quantitative estimate of drug-likeness (QED) is 0.791. The number of nitrogens with one attached hydrogen (secondary N) is 1. The molecule has 3 aromatic rings. The van der Waals surface area contributed by atoms with E-state index in [1.165, 1.54) is 4.90 Å². The first-order valence-electron chi connectivity index (χ1n) is 7.80. The molecule has 1 amide bonds. The van der Waals surface area contributed by atoms with Gasteiger partial charge >= 0.3 is 0 Å². The number of amides is 1. The highest BCUT2D eigenvalue weighted by Gasteiger charge is 2.33. The lowest BCUT2D eigenvalue weighted by Crippen LogP contribution is -2.49. The van der Waals surface area contributed by atoms with Crippen LogP contribution in [0.5, 0.6) is 0 Å². The Morgan fingerprint density at radius 2 is 1.92 bits per heavy atom. The molecule has 0 saturated heterocycles. The first-order valence-corrected chi connectivity index (χ1v) is 7.80. The average molecular weight is 319 g/mol. The van der Waals surface area contributed by atoms with Crippen molar-refractivity contribution < 1.29 is 14.7 Å². The van der Waals surface area contributed by atoms with E-state index < -0.39 is 12.0 Å². The van der Waals surface area contributed by atoms with Gasteiger partial charge in [0.05, 0.1) is 12.0 Å². The van der Waals surface area contributed by atoms with Crippen LogP contribution in [0.4, 0.5) is 0 Å². The predicted molar refractivity (Wildman–Crippen MR) is 87.1 cm³/mol. The largest absolute Gasteiger partial charge is 0.548 e. The van der Waals surface area contributed by atoms with Gasteiger partial charge in [-0.25, -0.2) is 0 Å². The average Bonchev–Trinajstić information content (AvgIpc) is 3.14. The van der Waals surface area contributed by atoms with Gasteiger partial charge in [-0.05, 0) is 23.3 Å². The number of hydrogen-bond acceptors (Lipinski definition) is 3. The van der Waals surface area contributed by atoms with E-state index >= 15 is 0 Å². The highest BCUT2D eigenvalue weighted by molar-refractivity contribution is 6.00. The summed E-state index contributed by atoms with van der Waals surface area (Å²) in [5, 5.41) is 12.7. The zero-order chi connectivity index (χ0) is 16.7. The number of carbonyl (C=O) groups is 2. The minimum atomic E-state index is -1.23. The SMILES string of the molecule is O=C([O-])[C@H](Cc1c[nH]c2ccccc12)N1Cc2ccccc2C1=O. The summed E-state index contributed by atoms with van der Waals surface area (Å²) in [7, 11) is 0. The fraction of sp³-hybridized carbons (Fsp3) is 0.158. The van der Waals surface area contributed by atoms with E-state index in [0.29, 0.717) is 12.1 Å². The van der Waals surface area contributed by atoms with Crippen LogP contribution >= 0.6 is 0 Å². The van der Waals surface area contributed by atoms with Crippen molar-refractivity contribution in [2.24, 2.45) is 0 Å². The van der Waals surface area contributed by atoms with Crippen LogP contribution in [0.3, 0.4) is 0 Å². The summed E-state index contributed by atoms with van der Waals surface area (Å²) in [5.41, 5.74) is 3.24. The van der Waals surface area contributed by atoms with Gasteiger partial charge in [-0.15, -0.1) is 0 Å². The van der Waals surface area contributed by atoms with Crippen molar-refractivity contribution in [2.45, 2.75) is 19.0 Å². The molecule has 2 heterocycles. The van der Waals surface area contributed by atoms with Crippen LogP contribution in [0.1, 0.15) is 21.5 Å². The Hall–Kier alpha value is -3.08. The summed E-state index contributed by atoms with van der Waals surface area (Å²) in [5.74, 6) is -1.49. The van der Waals surface area contributed by atoms with Gasteiger partial charge in [-0.1, -0.05) is 36.4 Å². The number of aliphatic carboxylic acids is 1. The zero-order valence-corrected chi connectivity index (χ0v) is 12.9. The minimum absolute atomic E-state index is 0.214. The standard InChI is InChI=1S/C19H16N2O3/c22-18-15-7-2-1-5-12(15)11-21(18)17(19(23)24)9-13-10-20-16-8-4-3-6-14(13)16/h1-8,10,17,20H,9,11H2,(H,23,24)/p-1/t17-/m0/s1. The fourth-order valence-corrected chi connectivity index (χ4v) is 3.36. The van der Waals surface area contributed by atoms with Gasteiger partial charge in [0.25, 0.3) is 5.91 Å². The summed E-state index contributed by atoms with van der Waals surface area (Å²) in [6.45, 7) is 0.302. The molecule has 1 aliphatic heterocycles. The van der Waals surface area contributed by atoms with Gasteiger partial charge in [0.15, 0.2) is 0 Å². The lowest BCUT2D eigenvalue weighted by Gasteiger charge is -2.28. The first kappa shape index (κ1) is 14.5. The van der Waals surface area contributed by atoms with Crippen molar-refractivity contribution in [3.05, 3.63) is 71.4 Å². The van der Waals surface area contributed by atoms with Gasteiger partial charge < -0.3 is 19.8 Å². The maximum absolute atomic E-state index is 12.6. The van der Waals surface area contributed by atoms with E-state index in [4.69, 9.17) is 0 Å². The molecule has 0 spiro atoms. The number of carboxylic acids is 1. The van der Waals surface area contributed by atoms with Crippen LogP contribution in [-0.4, -0.2) is 27.8 Å². The molecule has 1 atom stereocenters. The Kier molecular flexibility index (Phi) is 3.34. The van der Waals surface area contributed by atoms with Gasteiger partial charge in [0.1, 0.15) is 0 Å². The zero-order valence-electron chi connectivity index (χ0n) is 12.9. The minimum Gasteiger partial charge on any atom is -0.548 e. The summed E-state index contributed by atoms with van der Waals surface area (Å²) < 4.78 is 0. The number of para-hydroxylation sites is 1. The van der Waals surface area contributed by atoms with Gasteiger partial charge in [0.2, 0.25) is 0 Å². The summed E-state index contributed by atoms with van der Waals surface area (Å²) >= 11 is 0. The number of nitrogens with zero attached hydrogens (tertiary/aromatic N) is 1. The normalized spacial score (nSPS) is 14.8. The topological polar surface area (TPSA) is 76.2 Å². The second-order valence-electron chi connectivity index (χ2n) is 5.99. The molecule has 0 fully saturated rings. The number of hydrogen-bond donors (Lipinski definition) is 1. The monoisotopic (exact) mass is 319 g/mol. The Bertz CT molecular complexity index is 944. The number of carboxylic acid groups (broad SMARTS) is 1. The second-order valence-corrected chi connectivity index (χ2v) is 5.99. The van der Waals surface area contributed by atoms with Crippen molar-refractivity contribution in [3.8, 4) is 0 Å². The highest BCUT2D eigenvalue weighted by atomic mass is 16.4. The Labute approximate surface area is 138 Å². The molecule has 0 unspecified atom stereocenters. The summed E-state index contributed by atoms with van der Waals surface area (Å²) in [6.07, 6.45) is 2.01. The van der Waals surface area contributed by atoms with E-state index in [0.717, 1.165) is 22.0 Å². The maximum Gasteiger partial charge on any atom is 0.255 e. The molecule has 24 heavy (non-hydrogen) atoms. The van der Waals surface area contributed by atoms with Crippen molar-refractivity contribution in [3.63, 3.8) is 0 Å². The van der Waals surface area contributed by atoms with Crippen LogP contribution in [0.15, 0.2) is 54.7 Å². The third-order valence-corrected chi connectivity index (χ3v) is 4.59. The molecule has 0 bridgehead atoms. The molecular formula is C19H15N2O3-. The number of fused-ring (bicyclic) bond motifs is 2. The molecule has 2 aromatic carbocycles.